The Hall–Kier alpha value is -1.78. The molecule has 2 rings (SSSR count). The minimum Gasteiger partial charge on any atom is -0.493 e. The maximum Gasteiger partial charge on any atom is 0.166 e. The third kappa shape index (κ3) is 3.46. The van der Waals surface area contributed by atoms with Crippen LogP contribution in [0.2, 0.25) is 5.02 Å². The van der Waals surface area contributed by atoms with Gasteiger partial charge in [0, 0.05) is 12.0 Å². The fraction of sp³-hybridized carbons (Fsp3) is 0.250. The number of benzene rings is 2. The van der Waals surface area contributed by atoms with Gasteiger partial charge in [-0.15, -0.1) is 0 Å². The van der Waals surface area contributed by atoms with E-state index in [1.165, 1.54) is 26.4 Å². The molecule has 2 aromatic rings. The Morgan fingerprint density at radius 3 is 2.57 bits per heavy atom. The SMILES string of the molecule is COc1cccc(C(O)Cc2ccc(F)c(Cl)c2)c1OC. The van der Waals surface area contributed by atoms with E-state index >= 15 is 0 Å². The van der Waals surface area contributed by atoms with E-state index in [1.54, 1.807) is 24.3 Å². The second-order valence-corrected chi connectivity index (χ2v) is 4.96. The summed E-state index contributed by atoms with van der Waals surface area (Å²) in [6.07, 6.45) is -0.514. The molecule has 5 heteroatoms. The molecular weight excluding hydrogens is 295 g/mol. The van der Waals surface area contributed by atoms with Gasteiger partial charge in [-0.1, -0.05) is 29.8 Å². The van der Waals surface area contributed by atoms with Crippen molar-refractivity contribution in [3.63, 3.8) is 0 Å². The molecule has 0 aliphatic rings. The zero-order valence-electron chi connectivity index (χ0n) is 11.8. The smallest absolute Gasteiger partial charge is 0.166 e. The standard InChI is InChI=1S/C16H16ClFO3/c1-20-15-5-3-4-11(16(15)21-2)14(19)9-10-6-7-13(18)12(17)8-10/h3-8,14,19H,9H2,1-2H3. The normalized spacial score (nSPS) is 12.0. The van der Waals surface area contributed by atoms with Crippen LogP contribution in [0.25, 0.3) is 0 Å². The van der Waals surface area contributed by atoms with Crippen LogP contribution in [-0.4, -0.2) is 19.3 Å². The first-order chi connectivity index (χ1) is 10.1. The monoisotopic (exact) mass is 310 g/mol. The van der Waals surface area contributed by atoms with Gasteiger partial charge < -0.3 is 14.6 Å². The van der Waals surface area contributed by atoms with Gasteiger partial charge in [0.2, 0.25) is 0 Å². The number of aliphatic hydroxyl groups excluding tert-OH is 1. The Morgan fingerprint density at radius 2 is 1.95 bits per heavy atom. The van der Waals surface area contributed by atoms with Crippen LogP contribution in [-0.2, 0) is 6.42 Å². The molecule has 0 aromatic heterocycles. The summed E-state index contributed by atoms with van der Waals surface area (Å²) in [5, 5.41) is 10.4. The van der Waals surface area contributed by atoms with Gasteiger partial charge in [-0.2, -0.15) is 0 Å². The predicted octanol–water partition coefficient (Wildman–Crippen LogP) is 3.77. The Morgan fingerprint density at radius 1 is 1.19 bits per heavy atom. The molecule has 0 amide bonds. The predicted molar refractivity (Wildman–Crippen MR) is 79.6 cm³/mol. The lowest BCUT2D eigenvalue weighted by molar-refractivity contribution is 0.173. The molecule has 21 heavy (non-hydrogen) atoms. The van der Waals surface area contributed by atoms with Gasteiger partial charge in [0.25, 0.3) is 0 Å². The first-order valence-corrected chi connectivity index (χ1v) is 6.77. The highest BCUT2D eigenvalue weighted by Gasteiger charge is 2.17. The second-order valence-electron chi connectivity index (χ2n) is 4.55. The number of ether oxygens (including phenoxy) is 2. The fourth-order valence-electron chi connectivity index (χ4n) is 2.17. The highest BCUT2D eigenvalue weighted by molar-refractivity contribution is 6.30. The van der Waals surface area contributed by atoms with Crippen molar-refractivity contribution in [2.24, 2.45) is 0 Å². The number of para-hydroxylation sites is 1. The van der Waals surface area contributed by atoms with Crippen molar-refractivity contribution in [3.8, 4) is 11.5 Å². The first-order valence-electron chi connectivity index (χ1n) is 6.39. The third-order valence-corrected chi connectivity index (χ3v) is 3.50. The molecular formula is C16H16ClFO3. The van der Waals surface area contributed by atoms with Gasteiger partial charge in [0.1, 0.15) is 5.82 Å². The zero-order chi connectivity index (χ0) is 15.4. The van der Waals surface area contributed by atoms with Gasteiger partial charge in [-0.3, -0.25) is 0 Å². The van der Waals surface area contributed by atoms with E-state index < -0.39 is 11.9 Å². The molecule has 0 fully saturated rings. The van der Waals surface area contributed by atoms with Gasteiger partial charge in [-0.25, -0.2) is 4.39 Å². The molecule has 3 nitrogen and oxygen atoms in total. The molecule has 1 unspecified atom stereocenters. The minimum atomic E-state index is -0.809. The lowest BCUT2D eigenvalue weighted by Crippen LogP contribution is -2.05. The van der Waals surface area contributed by atoms with Crippen molar-refractivity contribution in [1.82, 2.24) is 0 Å². The summed E-state index contributed by atoms with van der Waals surface area (Å²) in [6.45, 7) is 0. The molecule has 0 aliphatic carbocycles. The topological polar surface area (TPSA) is 38.7 Å². The van der Waals surface area contributed by atoms with Gasteiger partial charge in [0.15, 0.2) is 11.5 Å². The molecule has 1 N–H and O–H groups in total. The molecule has 1 atom stereocenters. The molecule has 0 bridgehead atoms. The summed E-state index contributed by atoms with van der Waals surface area (Å²) in [4.78, 5) is 0. The van der Waals surface area contributed by atoms with Gasteiger partial charge >= 0.3 is 0 Å². The number of rotatable bonds is 5. The number of methoxy groups -OCH3 is 2. The average Bonchev–Trinajstić information content (AvgIpc) is 2.49. The van der Waals surface area contributed by atoms with Crippen molar-refractivity contribution in [2.45, 2.75) is 12.5 Å². The van der Waals surface area contributed by atoms with E-state index in [1.807, 2.05) is 0 Å². The molecule has 0 heterocycles. The number of hydrogen-bond donors (Lipinski definition) is 1. The van der Waals surface area contributed by atoms with Crippen LogP contribution >= 0.6 is 11.6 Å². The van der Waals surface area contributed by atoms with Crippen LogP contribution < -0.4 is 9.47 Å². The summed E-state index contributed by atoms with van der Waals surface area (Å²) >= 11 is 5.75. The lowest BCUT2D eigenvalue weighted by atomic mass is 10.00. The summed E-state index contributed by atoms with van der Waals surface area (Å²) in [5.41, 5.74) is 1.34. The lowest BCUT2D eigenvalue weighted by Gasteiger charge is -2.17. The summed E-state index contributed by atoms with van der Waals surface area (Å²) in [7, 11) is 3.05. The highest BCUT2D eigenvalue weighted by Crippen LogP contribution is 2.35. The Bertz CT molecular complexity index is 631. The molecule has 0 saturated carbocycles. The first kappa shape index (κ1) is 15.6. The largest absolute Gasteiger partial charge is 0.493 e. The third-order valence-electron chi connectivity index (χ3n) is 3.21. The quantitative estimate of drug-likeness (QED) is 0.913. The summed E-state index contributed by atoms with van der Waals surface area (Å²) in [6, 6.07) is 9.68. The van der Waals surface area contributed by atoms with Gasteiger partial charge in [-0.05, 0) is 23.8 Å². The number of halogens is 2. The zero-order valence-corrected chi connectivity index (χ0v) is 12.5. The van der Waals surface area contributed by atoms with Crippen LogP contribution in [0, 0.1) is 5.82 Å². The van der Waals surface area contributed by atoms with E-state index in [9.17, 15) is 9.50 Å². The van der Waals surface area contributed by atoms with Crippen LogP contribution in [0.4, 0.5) is 4.39 Å². The van der Waals surface area contributed by atoms with E-state index in [4.69, 9.17) is 21.1 Å². The van der Waals surface area contributed by atoms with Crippen molar-refractivity contribution < 1.29 is 19.0 Å². The van der Waals surface area contributed by atoms with Gasteiger partial charge in [0.05, 0.1) is 25.3 Å². The van der Waals surface area contributed by atoms with Crippen LogP contribution in [0.5, 0.6) is 11.5 Å². The van der Waals surface area contributed by atoms with Crippen molar-refractivity contribution in [2.75, 3.05) is 14.2 Å². The molecule has 0 saturated heterocycles. The van der Waals surface area contributed by atoms with E-state index in [-0.39, 0.29) is 5.02 Å². The van der Waals surface area contributed by atoms with Crippen molar-refractivity contribution in [1.29, 1.82) is 0 Å². The van der Waals surface area contributed by atoms with E-state index in [2.05, 4.69) is 0 Å². The van der Waals surface area contributed by atoms with Crippen molar-refractivity contribution in [3.05, 3.63) is 58.4 Å². The molecule has 112 valence electrons. The Labute approximate surface area is 127 Å². The van der Waals surface area contributed by atoms with Crippen LogP contribution in [0.1, 0.15) is 17.2 Å². The Kier molecular flexibility index (Phi) is 5.04. The minimum absolute atomic E-state index is 0.0392. The molecule has 2 aromatic carbocycles. The summed E-state index contributed by atoms with van der Waals surface area (Å²) in [5.74, 6) is 0.556. The van der Waals surface area contributed by atoms with E-state index in [0.29, 0.717) is 23.5 Å². The fourth-order valence-corrected chi connectivity index (χ4v) is 2.38. The number of aliphatic hydroxyl groups is 1. The molecule has 0 aliphatic heterocycles. The molecule has 0 radical (unpaired) electrons. The van der Waals surface area contributed by atoms with Crippen molar-refractivity contribution >= 4 is 11.6 Å². The highest BCUT2D eigenvalue weighted by atomic mass is 35.5. The maximum atomic E-state index is 13.1. The second kappa shape index (κ2) is 6.78. The average molecular weight is 311 g/mol. The summed E-state index contributed by atoms with van der Waals surface area (Å²) < 4.78 is 23.6. The Balaban J connectivity index is 2.27. The van der Waals surface area contributed by atoms with Crippen LogP contribution in [0.3, 0.4) is 0 Å². The van der Waals surface area contributed by atoms with Crippen LogP contribution in [0.15, 0.2) is 36.4 Å². The molecule has 0 spiro atoms. The maximum absolute atomic E-state index is 13.1. The number of hydrogen-bond acceptors (Lipinski definition) is 3. The van der Waals surface area contributed by atoms with E-state index in [0.717, 1.165) is 5.56 Å².